The van der Waals surface area contributed by atoms with Gasteiger partial charge in [0.25, 0.3) is 0 Å². The van der Waals surface area contributed by atoms with Gasteiger partial charge in [0.05, 0.1) is 29.9 Å². The Morgan fingerprint density at radius 1 is 1.30 bits per heavy atom. The highest BCUT2D eigenvalue weighted by atomic mass is 16.7. The first kappa shape index (κ1) is 15.3. The quantitative estimate of drug-likeness (QED) is 0.774. The van der Waals surface area contributed by atoms with Crippen LogP contribution in [0.15, 0.2) is 6.07 Å². The lowest BCUT2D eigenvalue weighted by Crippen LogP contribution is -2.41. The molecule has 1 aromatic heterocycles. The summed E-state index contributed by atoms with van der Waals surface area (Å²) in [5.41, 5.74) is 0.0583. The van der Waals surface area contributed by atoms with Crippen molar-refractivity contribution in [3.63, 3.8) is 0 Å². The largest absolute Gasteiger partial charge is 0.514 e. The predicted molar refractivity (Wildman–Crippen MR) is 79.2 cm³/mol. The number of hydrogen-bond acceptors (Lipinski definition) is 5. The molecule has 0 bridgehead atoms. The molecule has 1 saturated heterocycles. The third-order valence-corrected chi connectivity index (χ3v) is 3.98. The van der Waals surface area contributed by atoms with Crippen molar-refractivity contribution in [2.75, 3.05) is 18.5 Å². The lowest BCUT2D eigenvalue weighted by molar-refractivity contribution is 0.00578. The van der Waals surface area contributed by atoms with Crippen molar-refractivity contribution in [1.82, 2.24) is 9.78 Å². The minimum absolute atomic E-state index is 0.0275. The molecule has 0 amide bonds. The van der Waals surface area contributed by atoms with Gasteiger partial charge in [0.15, 0.2) is 0 Å². The van der Waals surface area contributed by atoms with E-state index >= 15 is 0 Å². The minimum atomic E-state index is -0.466. The molecule has 1 aromatic rings. The maximum atomic E-state index is 9.17. The fourth-order valence-electron chi connectivity index (χ4n) is 2.13. The van der Waals surface area contributed by atoms with E-state index in [9.17, 15) is 0 Å². The molecule has 7 heteroatoms. The fourth-order valence-corrected chi connectivity index (χ4v) is 2.13. The molecule has 0 saturated carbocycles. The maximum Gasteiger partial charge on any atom is 0.514 e. The molecular formula is C13H24BN3O3. The van der Waals surface area contributed by atoms with Crippen molar-refractivity contribution < 1.29 is 14.4 Å². The van der Waals surface area contributed by atoms with E-state index in [4.69, 9.17) is 14.4 Å². The molecule has 2 N–H and O–H groups in total. The number of rotatable bonds is 5. The molecule has 0 radical (unpaired) electrons. The van der Waals surface area contributed by atoms with Crippen LogP contribution in [0.4, 0.5) is 5.82 Å². The van der Waals surface area contributed by atoms with Gasteiger partial charge in [0, 0.05) is 6.54 Å². The summed E-state index contributed by atoms with van der Waals surface area (Å²) in [4.78, 5) is 0. The zero-order chi connectivity index (χ0) is 15.0. The first-order valence-electron chi connectivity index (χ1n) is 7.09. The summed E-state index contributed by atoms with van der Waals surface area (Å²) in [6, 6.07) is 1.92. The number of hydrogen-bond donors (Lipinski definition) is 2. The normalized spacial score (nSPS) is 20.4. The van der Waals surface area contributed by atoms with Gasteiger partial charge in [-0.15, -0.1) is 0 Å². The molecule has 112 valence electrons. The summed E-state index contributed by atoms with van der Waals surface area (Å²) >= 11 is 0. The van der Waals surface area contributed by atoms with Crippen LogP contribution in [0.2, 0.25) is 0 Å². The van der Waals surface area contributed by atoms with Gasteiger partial charge >= 0.3 is 7.12 Å². The van der Waals surface area contributed by atoms with Crippen molar-refractivity contribution in [3.8, 4) is 0 Å². The van der Waals surface area contributed by atoms with Crippen LogP contribution in [0.1, 0.15) is 34.6 Å². The Labute approximate surface area is 120 Å². The van der Waals surface area contributed by atoms with Gasteiger partial charge in [0.2, 0.25) is 0 Å². The van der Waals surface area contributed by atoms with Crippen LogP contribution < -0.4 is 10.9 Å². The predicted octanol–water partition coefficient (Wildman–Crippen LogP) is 0.606. The molecule has 0 aromatic carbocycles. The van der Waals surface area contributed by atoms with E-state index in [-0.39, 0.29) is 17.8 Å². The van der Waals surface area contributed by atoms with E-state index in [0.717, 1.165) is 18.0 Å². The molecule has 0 spiro atoms. The molecule has 2 rings (SSSR count). The zero-order valence-corrected chi connectivity index (χ0v) is 12.9. The number of nitrogens with one attached hydrogen (secondary N) is 1. The van der Waals surface area contributed by atoms with E-state index < -0.39 is 7.12 Å². The van der Waals surface area contributed by atoms with Crippen LogP contribution in [0, 0.1) is 0 Å². The molecule has 6 nitrogen and oxygen atoms in total. The Balaban J connectivity index is 2.28. The van der Waals surface area contributed by atoms with Gasteiger partial charge in [-0.2, -0.15) is 5.10 Å². The highest BCUT2D eigenvalue weighted by Gasteiger charge is 2.52. The summed E-state index contributed by atoms with van der Waals surface area (Å²) < 4.78 is 13.8. The number of nitrogens with zero attached hydrogens (tertiary/aromatic N) is 2. The van der Waals surface area contributed by atoms with Gasteiger partial charge in [-0.3, -0.25) is 4.68 Å². The second-order valence-electron chi connectivity index (χ2n) is 6.02. The lowest BCUT2D eigenvalue weighted by Gasteiger charge is -2.32. The monoisotopic (exact) mass is 281 g/mol. The van der Waals surface area contributed by atoms with Crippen molar-refractivity contribution >= 4 is 18.5 Å². The average Bonchev–Trinajstić information content (AvgIpc) is 2.80. The highest BCUT2D eigenvalue weighted by molar-refractivity contribution is 6.61. The molecule has 0 atom stereocenters. The SMILES string of the molecule is CCNc1cc(B2OC(C)(C)C(C)(C)O2)n(CCO)n1. The van der Waals surface area contributed by atoms with Gasteiger partial charge in [-0.1, -0.05) is 0 Å². The Kier molecular flexibility index (Phi) is 4.13. The van der Waals surface area contributed by atoms with Gasteiger partial charge in [-0.05, 0) is 40.7 Å². The third kappa shape index (κ3) is 2.70. The average molecular weight is 281 g/mol. The zero-order valence-electron chi connectivity index (χ0n) is 12.9. The summed E-state index contributed by atoms with van der Waals surface area (Å²) in [6.45, 7) is 11.3. The van der Waals surface area contributed by atoms with Gasteiger partial charge in [-0.25, -0.2) is 0 Å². The molecule has 1 aliphatic heterocycles. The second-order valence-corrected chi connectivity index (χ2v) is 6.02. The van der Waals surface area contributed by atoms with Crippen molar-refractivity contribution in [2.24, 2.45) is 0 Å². The van der Waals surface area contributed by atoms with Crippen LogP contribution >= 0.6 is 0 Å². The Morgan fingerprint density at radius 3 is 2.40 bits per heavy atom. The Bertz CT molecular complexity index is 457. The van der Waals surface area contributed by atoms with Crippen molar-refractivity contribution in [1.29, 1.82) is 0 Å². The summed E-state index contributed by atoms with van der Waals surface area (Å²) in [5, 5.41) is 16.8. The van der Waals surface area contributed by atoms with E-state index in [1.165, 1.54) is 0 Å². The summed E-state index contributed by atoms with van der Waals surface area (Å²) in [7, 11) is -0.466. The van der Waals surface area contributed by atoms with E-state index in [2.05, 4.69) is 10.4 Å². The first-order chi connectivity index (χ1) is 9.30. The molecule has 1 fully saturated rings. The first-order valence-corrected chi connectivity index (χ1v) is 7.09. The maximum absolute atomic E-state index is 9.17. The van der Waals surface area contributed by atoms with Crippen LogP contribution in [0.5, 0.6) is 0 Å². The summed E-state index contributed by atoms with van der Waals surface area (Å²) in [5.74, 6) is 0.769. The number of aromatic nitrogens is 2. The molecule has 1 aliphatic rings. The molecular weight excluding hydrogens is 257 g/mol. The van der Waals surface area contributed by atoms with Crippen LogP contribution in [-0.2, 0) is 15.9 Å². The van der Waals surface area contributed by atoms with E-state index in [1.54, 1.807) is 4.68 Å². The molecule has 20 heavy (non-hydrogen) atoms. The van der Waals surface area contributed by atoms with Gasteiger partial charge in [0.1, 0.15) is 5.82 Å². The molecule has 0 aliphatic carbocycles. The van der Waals surface area contributed by atoms with E-state index in [0.29, 0.717) is 6.54 Å². The summed E-state index contributed by atoms with van der Waals surface area (Å²) in [6.07, 6.45) is 0. The number of aliphatic hydroxyl groups excluding tert-OH is 1. The Hall–Kier alpha value is -1.05. The molecule has 2 heterocycles. The minimum Gasteiger partial charge on any atom is -0.398 e. The molecule has 0 unspecified atom stereocenters. The smallest absolute Gasteiger partial charge is 0.398 e. The van der Waals surface area contributed by atoms with Crippen LogP contribution in [0.3, 0.4) is 0 Å². The van der Waals surface area contributed by atoms with Gasteiger partial charge < -0.3 is 19.7 Å². The lowest BCUT2D eigenvalue weighted by atomic mass is 9.84. The third-order valence-electron chi connectivity index (χ3n) is 3.98. The standard InChI is InChI=1S/C13H24BN3O3/c1-6-15-11-9-10(17(16-11)7-8-18)14-19-12(2,3)13(4,5)20-14/h9,18H,6-8H2,1-5H3,(H,15,16). The van der Waals surface area contributed by atoms with Crippen molar-refractivity contribution in [3.05, 3.63) is 6.07 Å². The highest BCUT2D eigenvalue weighted by Crippen LogP contribution is 2.36. The van der Waals surface area contributed by atoms with Crippen LogP contribution in [0.25, 0.3) is 0 Å². The van der Waals surface area contributed by atoms with E-state index in [1.807, 2.05) is 40.7 Å². The Morgan fingerprint density at radius 2 is 1.90 bits per heavy atom. The number of anilines is 1. The number of aliphatic hydroxyl groups is 1. The van der Waals surface area contributed by atoms with Crippen molar-refractivity contribution in [2.45, 2.75) is 52.4 Å². The second kappa shape index (κ2) is 5.39. The fraction of sp³-hybridized carbons (Fsp3) is 0.769. The van der Waals surface area contributed by atoms with Crippen LogP contribution in [-0.4, -0.2) is 46.4 Å². The topological polar surface area (TPSA) is 68.5 Å².